The minimum atomic E-state index is -0.304. The molecule has 1 aliphatic rings. The maximum absolute atomic E-state index is 14.1. The molecule has 1 saturated heterocycles. The third kappa shape index (κ3) is 3.16. The molecule has 1 aromatic heterocycles. The van der Waals surface area contributed by atoms with E-state index in [1.165, 1.54) is 6.07 Å². The van der Waals surface area contributed by atoms with Crippen LogP contribution in [0.15, 0.2) is 30.6 Å². The number of hydrogen-bond acceptors (Lipinski definition) is 3. The highest BCUT2D eigenvalue weighted by Crippen LogP contribution is 2.27. The van der Waals surface area contributed by atoms with E-state index in [2.05, 4.69) is 23.7 Å². The molecular formula is C17H21FN2O. The minimum absolute atomic E-state index is 0.105. The standard InChI is InChI=1S/C17H21FN2O/c1-12(2)20-7-4-15(5-8-20)21-17-10-13-3-6-19-11-14(13)9-16(17)18/h3,6,9-12,15H,4-5,7-8H2,1-2H3. The van der Waals surface area contributed by atoms with Crippen molar-refractivity contribution in [3.8, 4) is 5.75 Å². The molecule has 0 amide bonds. The topological polar surface area (TPSA) is 25.4 Å². The Labute approximate surface area is 124 Å². The van der Waals surface area contributed by atoms with Crippen molar-refractivity contribution < 1.29 is 9.13 Å². The lowest BCUT2D eigenvalue weighted by molar-refractivity contribution is 0.0817. The van der Waals surface area contributed by atoms with Crippen molar-refractivity contribution in [3.05, 3.63) is 36.4 Å². The fourth-order valence-electron chi connectivity index (χ4n) is 2.87. The summed E-state index contributed by atoms with van der Waals surface area (Å²) >= 11 is 0. The van der Waals surface area contributed by atoms with Gasteiger partial charge in [0.15, 0.2) is 11.6 Å². The first-order valence-corrected chi connectivity index (χ1v) is 7.57. The van der Waals surface area contributed by atoms with Crippen molar-refractivity contribution in [2.45, 2.75) is 38.8 Å². The first kappa shape index (κ1) is 14.3. The maximum Gasteiger partial charge on any atom is 0.165 e. The van der Waals surface area contributed by atoms with Crippen molar-refractivity contribution in [2.75, 3.05) is 13.1 Å². The number of fused-ring (bicyclic) bond motifs is 1. The van der Waals surface area contributed by atoms with Gasteiger partial charge in [-0.15, -0.1) is 0 Å². The summed E-state index contributed by atoms with van der Waals surface area (Å²) in [6.07, 6.45) is 5.39. The Hall–Kier alpha value is -1.68. The summed E-state index contributed by atoms with van der Waals surface area (Å²) in [6.45, 7) is 6.44. The number of nitrogens with zero attached hydrogens (tertiary/aromatic N) is 2. The van der Waals surface area contributed by atoms with Gasteiger partial charge < -0.3 is 9.64 Å². The Morgan fingerprint density at radius 1 is 1.24 bits per heavy atom. The summed E-state index contributed by atoms with van der Waals surface area (Å²) in [4.78, 5) is 6.44. The molecule has 0 radical (unpaired) electrons. The summed E-state index contributed by atoms with van der Waals surface area (Å²) in [7, 11) is 0. The summed E-state index contributed by atoms with van der Waals surface area (Å²) in [6, 6.07) is 5.72. The van der Waals surface area contributed by atoms with Crippen LogP contribution in [0.2, 0.25) is 0 Å². The third-order valence-electron chi connectivity index (χ3n) is 4.19. The highest BCUT2D eigenvalue weighted by Gasteiger charge is 2.23. The molecule has 0 N–H and O–H groups in total. The summed E-state index contributed by atoms with van der Waals surface area (Å²) in [5.74, 6) is 0.0542. The average molecular weight is 288 g/mol. The summed E-state index contributed by atoms with van der Waals surface area (Å²) in [5.41, 5.74) is 0. The largest absolute Gasteiger partial charge is 0.487 e. The van der Waals surface area contributed by atoms with Gasteiger partial charge in [0.25, 0.3) is 0 Å². The van der Waals surface area contributed by atoms with Gasteiger partial charge in [0.2, 0.25) is 0 Å². The Morgan fingerprint density at radius 2 is 2.00 bits per heavy atom. The van der Waals surface area contributed by atoms with E-state index < -0.39 is 0 Å². The van der Waals surface area contributed by atoms with Gasteiger partial charge in [0, 0.05) is 36.9 Å². The zero-order valence-electron chi connectivity index (χ0n) is 12.6. The second kappa shape index (κ2) is 5.98. The van der Waals surface area contributed by atoms with Crippen LogP contribution in [0.4, 0.5) is 4.39 Å². The SMILES string of the molecule is CC(C)N1CCC(Oc2cc3ccncc3cc2F)CC1. The monoisotopic (exact) mass is 288 g/mol. The van der Waals surface area contributed by atoms with E-state index in [1.54, 1.807) is 18.5 Å². The Bertz CT molecular complexity index is 621. The number of rotatable bonds is 3. The Kier molecular flexibility index (Phi) is 4.06. The first-order valence-electron chi connectivity index (χ1n) is 7.57. The van der Waals surface area contributed by atoms with Crippen LogP contribution < -0.4 is 4.74 Å². The number of likely N-dealkylation sites (tertiary alicyclic amines) is 1. The number of benzene rings is 1. The normalized spacial score (nSPS) is 17.5. The number of pyridine rings is 1. The zero-order chi connectivity index (χ0) is 14.8. The van der Waals surface area contributed by atoms with Gasteiger partial charge in [-0.05, 0) is 50.3 Å². The van der Waals surface area contributed by atoms with Gasteiger partial charge in [-0.25, -0.2) is 4.39 Å². The highest BCUT2D eigenvalue weighted by molar-refractivity contribution is 5.83. The lowest BCUT2D eigenvalue weighted by Gasteiger charge is -2.34. The summed E-state index contributed by atoms with van der Waals surface area (Å²) in [5, 5.41) is 1.76. The van der Waals surface area contributed by atoms with Crippen molar-refractivity contribution in [1.82, 2.24) is 9.88 Å². The maximum atomic E-state index is 14.1. The Morgan fingerprint density at radius 3 is 2.71 bits per heavy atom. The average Bonchev–Trinajstić information content (AvgIpc) is 2.48. The summed E-state index contributed by atoms with van der Waals surface area (Å²) < 4.78 is 20.0. The number of halogens is 1. The molecule has 21 heavy (non-hydrogen) atoms. The number of piperidine rings is 1. The van der Waals surface area contributed by atoms with Crippen LogP contribution in [0.3, 0.4) is 0 Å². The van der Waals surface area contributed by atoms with Crippen LogP contribution in [0, 0.1) is 5.82 Å². The minimum Gasteiger partial charge on any atom is -0.487 e. The van der Waals surface area contributed by atoms with Crippen LogP contribution in [-0.2, 0) is 0 Å². The van der Waals surface area contributed by atoms with E-state index in [9.17, 15) is 4.39 Å². The lowest BCUT2D eigenvalue weighted by Crippen LogP contribution is -2.41. The van der Waals surface area contributed by atoms with E-state index in [-0.39, 0.29) is 11.9 Å². The van der Waals surface area contributed by atoms with Crippen molar-refractivity contribution >= 4 is 10.8 Å². The molecule has 1 aromatic carbocycles. The molecule has 0 spiro atoms. The van der Waals surface area contributed by atoms with E-state index >= 15 is 0 Å². The van der Waals surface area contributed by atoms with E-state index in [0.29, 0.717) is 11.8 Å². The second-order valence-electron chi connectivity index (χ2n) is 5.95. The van der Waals surface area contributed by atoms with Gasteiger partial charge in [0.05, 0.1) is 0 Å². The van der Waals surface area contributed by atoms with Crippen LogP contribution in [0.1, 0.15) is 26.7 Å². The van der Waals surface area contributed by atoms with Crippen molar-refractivity contribution in [2.24, 2.45) is 0 Å². The van der Waals surface area contributed by atoms with Gasteiger partial charge in [-0.2, -0.15) is 0 Å². The third-order valence-corrected chi connectivity index (χ3v) is 4.19. The number of hydrogen-bond donors (Lipinski definition) is 0. The first-order chi connectivity index (χ1) is 10.1. The molecule has 1 aliphatic heterocycles. The molecule has 0 bridgehead atoms. The van der Waals surface area contributed by atoms with Crippen LogP contribution in [0.5, 0.6) is 5.75 Å². The molecular weight excluding hydrogens is 267 g/mol. The van der Waals surface area contributed by atoms with E-state index in [4.69, 9.17) is 4.74 Å². The Balaban J connectivity index is 1.72. The second-order valence-corrected chi connectivity index (χ2v) is 5.95. The molecule has 0 unspecified atom stereocenters. The smallest absolute Gasteiger partial charge is 0.165 e. The van der Waals surface area contributed by atoms with Gasteiger partial charge >= 0.3 is 0 Å². The predicted octanol–water partition coefficient (Wildman–Crippen LogP) is 3.63. The van der Waals surface area contributed by atoms with Gasteiger partial charge in [0.1, 0.15) is 6.10 Å². The van der Waals surface area contributed by atoms with Crippen LogP contribution in [0.25, 0.3) is 10.8 Å². The molecule has 2 aromatic rings. The number of ether oxygens (including phenoxy) is 1. The molecule has 3 rings (SSSR count). The molecule has 0 atom stereocenters. The van der Waals surface area contributed by atoms with Gasteiger partial charge in [-0.1, -0.05) is 0 Å². The predicted molar refractivity (Wildman–Crippen MR) is 82.1 cm³/mol. The quantitative estimate of drug-likeness (QED) is 0.862. The van der Waals surface area contributed by atoms with Crippen molar-refractivity contribution in [3.63, 3.8) is 0 Å². The molecule has 0 saturated carbocycles. The highest BCUT2D eigenvalue weighted by atomic mass is 19.1. The van der Waals surface area contributed by atoms with Crippen molar-refractivity contribution in [1.29, 1.82) is 0 Å². The molecule has 2 heterocycles. The fourth-order valence-corrected chi connectivity index (χ4v) is 2.87. The molecule has 0 aliphatic carbocycles. The molecule has 1 fully saturated rings. The molecule has 4 heteroatoms. The van der Waals surface area contributed by atoms with E-state index in [0.717, 1.165) is 36.7 Å². The van der Waals surface area contributed by atoms with Crippen LogP contribution >= 0.6 is 0 Å². The van der Waals surface area contributed by atoms with E-state index in [1.807, 2.05) is 6.07 Å². The zero-order valence-corrected chi connectivity index (χ0v) is 12.6. The molecule has 3 nitrogen and oxygen atoms in total. The lowest BCUT2D eigenvalue weighted by atomic mass is 10.1. The molecule has 112 valence electrons. The fraction of sp³-hybridized carbons (Fsp3) is 0.471. The van der Waals surface area contributed by atoms with Crippen LogP contribution in [-0.4, -0.2) is 35.1 Å². The number of aromatic nitrogens is 1. The van der Waals surface area contributed by atoms with Gasteiger partial charge in [-0.3, -0.25) is 4.98 Å².